The molecule has 1 saturated heterocycles. The van der Waals surface area contributed by atoms with Gasteiger partial charge in [-0.1, -0.05) is 0 Å². The Bertz CT molecular complexity index is 580. The van der Waals surface area contributed by atoms with E-state index in [1.165, 1.54) is 0 Å². The van der Waals surface area contributed by atoms with Crippen LogP contribution in [-0.4, -0.2) is 27.5 Å². The van der Waals surface area contributed by atoms with Gasteiger partial charge in [0, 0.05) is 18.7 Å². The summed E-state index contributed by atoms with van der Waals surface area (Å²) in [7, 11) is -3.98. The zero-order valence-corrected chi connectivity index (χ0v) is 13.5. The molecule has 1 atom stereocenters. The molecule has 1 fully saturated rings. The van der Waals surface area contributed by atoms with Gasteiger partial charge in [0.1, 0.15) is 16.5 Å². The summed E-state index contributed by atoms with van der Waals surface area (Å²) < 4.78 is 52.7. The Morgan fingerprint density at radius 3 is 2.65 bits per heavy atom. The highest BCUT2D eigenvalue weighted by Gasteiger charge is 2.23. The molecule has 1 aliphatic heterocycles. The zero-order chi connectivity index (χ0) is 14.0. The molecule has 1 unspecified atom stereocenters. The summed E-state index contributed by atoms with van der Waals surface area (Å²) >= 11 is 2.84. The first-order chi connectivity index (χ1) is 8.90. The van der Waals surface area contributed by atoms with E-state index in [1.54, 1.807) is 0 Å². The van der Waals surface area contributed by atoms with Gasteiger partial charge in [-0.25, -0.2) is 21.9 Å². The van der Waals surface area contributed by atoms with Gasteiger partial charge in [-0.15, -0.1) is 12.4 Å². The maximum atomic E-state index is 13.5. The van der Waals surface area contributed by atoms with E-state index in [9.17, 15) is 17.2 Å². The van der Waals surface area contributed by atoms with Gasteiger partial charge in [0.05, 0.1) is 4.47 Å². The second-order valence-electron chi connectivity index (χ2n) is 4.34. The minimum Gasteiger partial charge on any atom is -0.313 e. The van der Waals surface area contributed by atoms with Gasteiger partial charge in [0.15, 0.2) is 0 Å². The molecule has 0 radical (unpaired) electrons. The normalized spacial score (nSPS) is 18.9. The van der Waals surface area contributed by atoms with Crippen molar-refractivity contribution >= 4 is 38.4 Å². The van der Waals surface area contributed by atoms with Crippen LogP contribution in [0.2, 0.25) is 0 Å². The number of rotatable bonds is 4. The molecule has 1 heterocycles. The molecule has 20 heavy (non-hydrogen) atoms. The minimum atomic E-state index is -3.98. The molecular formula is C11H14BrClF2N2O2S. The van der Waals surface area contributed by atoms with Crippen LogP contribution >= 0.6 is 28.3 Å². The summed E-state index contributed by atoms with van der Waals surface area (Å²) in [5.74, 6) is -1.94. The average molecular weight is 392 g/mol. The fourth-order valence-corrected chi connectivity index (χ4v) is 3.59. The molecule has 1 aliphatic rings. The van der Waals surface area contributed by atoms with Crippen molar-refractivity contribution in [2.24, 2.45) is 0 Å². The summed E-state index contributed by atoms with van der Waals surface area (Å²) in [5, 5.41) is 3.13. The summed E-state index contributed by atoms with van der Waals surface area (Å²) in [6.07, 6.45) is 1.86. The van der Waals surface area contributed by atoms with E-state index in [0.717, 1.165) is 25.5 Å². The van der Waals surface area contributed by atoms with Crippen LogP contribution in [0, 0.1) is 11.6 Å². The van der Waals surface area contributed by atoms with Crippen molar-refractivity contribution < 1.29 is 17.2 Å². The van der Waals surface area contributed by atoms with Crippen LogP contribution in [-0.2, 0) is 10.0 Å². The lowest BCUT2D eigenvalue weighted by Crippen LogP contribution is -2.37. The van der Waals surface area contributed by atoms with E-state index < -0.39 is 26.6 Å². The molecule has 0 aromatic heterocycles. The lowest BCUT2D eigenvalue weighted by molar-refractivity contribution is 0.530. The van der Waals surface area contributed by atoms with Gasteiger partial charge >= 0.3 is 0 Å². The molecular weight excluding hydrogens is 378 g/mol. The quantitative estimate of drug-likeness (QED) is 0.774. The first-order valence-corrected chi connectivity index (χ1v) is 8.05. The van der Waals surface area contributed by atoms with E-state index in [4.69, 9.17) is 0 Å². The number of sulfonamides is 1. The number of hydrogen-bond acceptors (Lipinski definition) is 3. The first-order valence-electron chi connectivity index (χ1n) is 5.78. The molecule has 1 aromatic carbocycles. The van der Waals surface area contributed by atoms with E-state index in [2.05, 4.69) is 26.0 Å². The molecule has 0 aliphatic carbocycles. The van der Waals surface area contributed by atoms with E-state index in [-0.39, 0.29) is 29.5 Å². The van der Waals surface area contributed by atoms with Gasteiger partial charge in [-0.3, -0.25) is 0 Å². The lowest BCUT2D eigenvalue weighted by atomic mass is 10.2. The maximum Gasteiger partial charge on any atom is 0.243 e. The van der Waals surface area contributed by atoms with Crippen molar-refractivity contribution in [1.29, 1.82) is 0 Å². The Hall–Kier alpha value is -0.280. The van der Waals surface area contributed by atoms with Crippen molar-refractivity contribution in [2.75, 3.05) is 13.1 Å². The third-order valence-electron chi connectivity index (χ3n) is 2.95. The predicted octanol–water partition coefficient (Wildman–Crippen LogP) is 2.18. The van der Waals surface area contributed by atoms with E-state index in [1.807, 2.05) is 0 Å². The van der Waals surface area contributed by atoms with Crippen LogP contribution in [0.3, 0.4) is 0 Å². The van der Waals surface area contributed by atoms with Crippen LogP contribution in [0.1, 0.15) is 12.8 Å². The molecule has 2 N–H and O–H groups in total. The highest BCUT2D eigenvalue weighted by molar-refractivity contribution is 9.10. The summed E-state index contributed by atoms with van der Waals surface area (Å²) in [6.45, 7) is 1.04. The second kappa shape index (κ2) is 7.13. The van der Waals surface area contributed by atoms with Crippen molar-refractivity contribution in [3.8, 4) is 0 Å². The molecule has 9 heteroatoms. The number of halogens is 4. The van der Waals surface area contributed by atoms with Crippen molar-refractivity contribution in [3.63, 3.8) is 0 Å². The van der Waals surface area contributed by atoms with Gasteiger partial charge in [0.2, 0.25) is 10.0 Å². The van der Waals surface area contributed by atoms with Gasteiger partial charge in [-0.05, 0) is 41.4 Å². The SMILES string of the molecule is Cl.O=S(=O)(NCC1CCCN1)c1cc(Br)c(F)cc1F. The van der Waals surface area contributed by atoms with Crippen molar-refractivity contribution in [3.05, 3.63) is 28.2 Å². The number of benzene rings is 1. The summed E-state index contributed by atoms with van der Waals surface area (Å²) in [4.78, 5) is -0.557. The molecule has 0 spiro atoms. The lowest BCUT2D eigenvalue weighted by Gasteiger charge is -2.12. The van der Waals surface area contributed by atoms with Crippen LogP contribution in [0.25, 0.3) is 0 Å². The van der Waals surface area contributed by atoms with Gasteiger partial charge < -0.3 is 5.32 Å². The number of nitrogens with one attached hydrogen (secondary N) is 2. The minimum absolute atomic E-state index is 0. The van der Waals surface area contributed by atoms with Gasteiger partial charge in [-0.2, -0.15) is 0 Å². The predicted molar refractivity (Wildman–Crippen MR) is 77.5 cm³/mol. The van der Waals surface area contributed by atoms with E-state index in [0.29, 0.717) is 6.07 Å². The molecule has 4 nitrogen and oxygen atoms in total. The van der Waals surface area contributed by atoms with Crippen molar-refractivity contribution in [1.82, 2.24) is 10.0 Å². The fraction of sp³-hybridized carbons (Fsp3) is 0.455. The standard InChI is InChI=1S/C11H13BrF2N2O2S.ClH/c12-8-4-11(10(14)5-9(8)13)19(17,18)16-6-7-2-1-3-15-7;/h4-5,7,15-16H,1-3,6H2;1H. The van der Waals surface area contributed by atoms with Crippen molar-refractivity contribution in [2.45, 2.75) is 23.8 Å². The third kappa shape index (κ3) is 4.11. The molecule has 0 amide bonds. The first kappa shape index (κ1) is 17.8. The molecule has 114 valence electrons. The number of hydrogen-bond donors (Lipinski definition) is 2. The third-order valence-corrected chi connectivity index (χ3v) is 4.99. The highest BCUT2D eigenvalue weighted by atomic mass is 79.9. The molecule has 2 rings (SSSR count). The Balaban J connectivity index is 0.00000200. The van der Waals surface area contributed by atoms with E-state index >= 15 is 0 Å². The Kier molecular flexibility index (Phi) is 6.33. The Morgan fingerprint density at radius 1 is 1.35 bits per heavy atom. The largest absolute Gasteiger partial charge is 0.313 e. The Morgan fingerprint density at radius 2 is 2.05 bits per heavy atom. The highest BCUT2D eigenvalue weighted by Crippen LogP contribution is 2.23. The Labute approximate surface area is 130 Å². The monoisotopic (exact) mass is 390 g/mol. The topological polar surface area (TPSA) is 58.2 Å². The maximum absolute atomic E-state index is 13.5. The molecule has 0 saturated carbocycles. The summed E-state index contributed by atoms with van der Waals surface area (Å²) in [5.41, 5.74) is 0. The average Bonchev–Trinajstić information content (AvgIpc) is 2.84. The summed E-state index contributed by atoms with van der Waals surface area (Å²) in [6, 6.07) is 1.53. The second-order valence-corrected chi connectivity index (χ2v) is 6.93. The van der Waals surface area contributed by atoms with Crippen LogP contribution in [0.4, 0.5) is 8.78 Å². The molecule has 0 bridgehead atoms. The van der Waals surface area contributed by atoms with Crippen LogP contribution in [0.15, 0.2) is 21.5 Å². The molecule has 1 aromatic rings. The van der Waals surface area contributed by atoms with Crippen LogP contribution < -0.4 is 10.0 Å². The zero-order valence-electron chi connectivity index (χ0n) is 10.3. The van der Waals surface area contributed by atoms with Crippen LogP contribution in [0.5, 0.6) is 0 Å². The fourth-order valence-electron chi connectivity index (χ4n) is 1.93. The smallest absolute Gasteiger partial charge is 0.243 e. The van der Waals surface area contributed by atoms with Gasteiger partial charge in [0.25, 0.3) is 0 Å².